The molecule has 40 valence electrons. The maximum Gasteiger partial charge on any atom is 5.00 e. The van der Waals surface area contributed by atoms with Crippen molar-refractivity contribution in [2.75, 3.05) is 13.2 Å². The molecule has 0 unspecified atom stereocenters. The molecule has 0 saturated heterocycles. The second-order valence-corrected chi connectivity index (χ2v) is 0.577. The Hall–Kier alpha value is 1.40. The summed E-state index contributed by atoms with van der Waals surface area (Å²) in [6.07, 6.45) is 0. The Morgan fingerprint density at radius 3 is 0.875 bits per heavy atom. The second kappa shape index (κ2) is 39.8. The third kappa shape index (κ3) is 155. The van der Waals surface area contributed by atoms with Crippen LogP contribution in [-0.4, -0.2) is 13.2 Å². The van der Waals surface area contributed by atoms with E-state index < -0.39 is 0 Å². The van der Waals surface area contributed by atoms with E-state index in [0.717, 1.165) is 0 Å². The van der Waals surface area contributed by atoms with Crippen LogP contribution in [0.2, 0.25) is 0 Å². The molecule has 2 nitrogen and oxygen atoms in total. The average Bonchev–Trinajstić information content (AvgIpc) is 1.39. The van der Waals surface area contributed by atoms with Crippen molar-refractivity contribution >= 4 is 0 Å². The van der Waals surface area contributed by atoms with Crippen LogP contribution in [0.4, 0.5) is 0 Å². The maximum absolute atomic E-state index is 8.93. The van der Waals surface area contributed by atoms with Gasteiger partial charge in [0.05, 0.1) is 0 Å². The third-order valence-electron chi connectivity index (χ3n) is 0. The molecule has 0 N–H and O–H groups in total. The Balaban J connectivity index is -0.0000000160. The maximum atomic E-state index is 8.93. The molecular formula is C4H10O2Ta2+8. The Labute approximate surface area is 81.7 Å². The molecule has 0 saturated carbocycles. The second-order valence-electron chi connectivity index (χ2n) is 0.577. The molecule has 0 amide bonds. The van der Waals surface area contributed by atoms with Crippen molar-refractivity contribution in [2.24, 2.45) is 0 Å². The molecule has 0 aromatic rings. The van der Waals surface area contributed by atoms with Crippen molar-refractivity contribution in [2.45, 2.75) is 13.8 Å². The molecule has 0 bridgehead atoms. The zero-order valence-electron chi connectivity index (χ0n) is 5.13. The first-order valence-electron chi connectivity index (χ1n) is 1.99. The van der Waals surface area contributed by atoms with E-state index in [1.807, 2.05) is 0 Å². The van der Waals surface area contributed by atoms with Crippen LogP contribution < -0.4 is 10.2 Å². The van der Waals surface area contributed by atoms with Gasteiger partial charge in [-0.2, -0.15) is 0 Å². The number of rotatable bonds is 0. The molecule has 0 fully saturated rings. The van der Waals surface area contributed by atoms with E-state index in [9.17, 15) is 0 Å². The van der Waals surface area contributed by atoms with Crippen molar-refractivity contribution < 1.29 is 55.0 Å². The average molecular weight is 452 g/mol. The number of hydrogen-bond acceptors (Lipinski definition) is 2. The fraction of sp³-hybridized carbons (Fsp3) is 1.00. The Morgan fingerprint density at radius 2 is 0.875 bits per heavy atom. The van der Waals surface area contributed by atoms with Gasteiger partial charge < -0.3 is 10.2 Å². The molecule has 0 heterocycles. The number of hydrogen-bond donors (Lipinski definition) is 0. The SMILES string of the molecule is CC[O-].CC[O-].[Ta+5].[Ta+5]. The van der Waals surface area contributed by atoms with Gasteiger partial charge in [-0.05, 0) is 0 Å². The van der Waals surface area contributed by atoms with E-state index in [-0.39, 0.29) is 58.0 Å². The van der Waals surface area contributed by atoms with Crippen LogP contribution in [0.25, 0.3) is 0 Å². The van der Waals surface area contributed by atoms with Crippen molar-refractivity contribution in [3.8, 4) is 0 Å². The summed E-state index contributed by atoms with van der Waals surface area (Å²) in [5.41, 5.74) is 0. The van der Waals surface area contributed by atoms with Gasteiger partial charge in [-0.3, -0.25) is 0 Å². The normalized spacial score (nSPS) is 4.50. The quantitative estimate of drug-likeness (QED) is 0.461. The first-order chi connectivity index (χ1) is 2.83. The summed E-state index contributed by atoms with van der Waals surface area (Å²) in [5.74, 6) is 0. The fourth-order valence-electron chi connectivity index (χ4n) is 0. The molecule has 0 aliphatic rings. The van der Waals surface area contributed by atoms with Crippen LogP contribution in [0.3, 0.4) is 0 Å². The summed E-state index contributed by atoms with van der Waals surface area (Å²) in [4.78, 5) is 0. The molecule has 0 aromatic heterocycles. The predicted octanol–water partition coefficient (Wildman–Crippen LogP) is -1.27. The van der Waals surface area contributed by atoms with E-state index in [1.165, 1.54) is 0 Å². The molecule has 0 atom stereocenters. The summed E-state index contributed by atoms with van der Waals surface area (Å²) in [6.45, 7) is 3.14. The summed E-state index contributed by atoms with van der Waals surface area (Å²) in [5, 5.41) is 17.9. The molecule has 4 heteroatoms. The van der Waals surface area contributed by atoms with E-state index in [2.05, 4.69) is 0 Å². The van der Waals surface area contributed by atoms with Crippen molar-refractivity contribution in [1.29, 1.82) is 0 Å². The third-order valence-corrected chi connectivity index (χ3v) is 0. The molecule has 0 spiro atoms. The van der Waals surface area contributed by atoms with Gasteiger partial charge in [0.15, 0.2) is 0 Å². The molecule has 8 heavy (non-hydrogen) atoms. The Morgan fingerprint density at radius 1 is 0.875 bits per heavy atom. The zero-order valence-corrected chi connectivity index (χ0v) is 11.6. The molecule has 0 radical (unpaired) electrons. The summed E-state index contributed by atoms with van der Waals surface area (Å²) >= 11 is 0. The minimum absolute atomic E-state index is 0. The summed E-state index contributed by atoms with van der Waals surface area (Å²) in [7, 11) is 0. The molecule has 0 aliphatic heterocycles. The van der Waals surface area contributed by atoms with Gasteiger partial charge in [0.2, 0.25) is 0 Å². The Bertz CT molecular complexity index is 14.0. The predicted molar refractivity (Wildman–Crippen MR) is 21.1 cm³/mol. The monoisotopic (exact) mass is 452 g/mol. The van der Waals surface area contributed by atoms with Gasteiger partial charge in [0.25, 0.3) is 0 Å². The molecule has 0 aliphatic carbocycles. The van der Waals surface area contributed by atoms with E-state index in [4.69, 9.17) is 10.2 Å². The fourth-order valence-corrected chi connectivity index (χ4v) is 0. The van der Waals surface area contributed by atoms with Gasteiger partial charge in [0, 0.05) is 0 Å². The van der Waals surface area contributed by atoms with Gasteiger partial charge in [-0.25, -0.2) is 0 Å². The minimum Gasteiger partial charge on any atom is -0.855 e. The van der Waals surface area contributed by atoms with Crippen LogP contribution in [0, 0.1) is 0 Å². The smallest absolute Gasteiger partial charge is 0.855 e. The van der Waals surface area contributed by atoms with Crippen LogP contribution in [0.1, 0.15) is 13.8 Å². The van der Waals surface area contributed by atoms with Gasteiger partial charge in [-0.15, -0.1) is 13.2 Å². The van der Waals surface area contributed by atoms with Crippen LogP contribution in [0.5, 0.6) is 0 Å². The van der Waals surface area contributed by atoms with Crippen LogP contribution >= 0.6 is 0 Å². The first-order valence-corrected chi connectivity index (χ1v) is 1.99. The van der Waals surface area contributed by atoms with Gasteiger partial charge in [0.1, 0.15) is 0 Å². The van der Waals surface area contributed by atoms with Crippen molar-refractivity contribution in [1.82, 2.24) is 0 Å². The molecule has 0 aromatic carbocycles. The molecular weight excluding hydrogens is 442 g/mol. The van der Waals surface area contributed by atoms with Gasteiger partial charge >= 0.3 is 44.8 Å². The largest absolute Gasteiger partial charge is 5.00 e. The topological polar surface area (TPSA) is 46.1 Å². The van der Waals surface area contributed by atoms with Crippen molar-refractivity contribution in [3.05, 3.63) is 0 Å². The summed E-state index contributed by atoms with van der Waals surface area (Å²) in [6, 6.07) is 0. The van der Waals surface area contributed by atoms with E-state index in [0.29, 0.717) is 0 Å². The van der Waals surface area contributed by atoms with Crippen molar-refractivity contribution in [3.63, 3.8) is 0 Å². The minimum atomic E-state index is 0. The first kappa shape index (κ1) is 22.7. The van der Waals surface area contributed by atoms with E-state index in [1.54, 1.807) is 13.8 Å². The summed E-state index contributed by atoms with van der Waals surface area (Å²) < 4.78 is 0. The standard InChI is InChI=1S/2C2H5O.2Ta/c2*1-2-3;;/h2*2H2,1H3;;/q2*-1;2*+5. The van der Waals surface area contributed by atoms with Crippen LogP contribution in [-0.2, 0) is 44.8 Å². The Kier molecular flexibility index (Phi) is 113. The molecule has 0 rings (SSSR count). The zero-order chi connectivity index (χ0) is 5.41. The van der Waals surface area contributed by atoms with E-state index >= 15 is 0 Å². The van der Waals surface area contributed by atoms with Crippen LogP contribution in [0.15, 0.2) is 0 Å². The van der Waals surface area contributed by atoms with Gasteiger partial charge in [-0.1, -0.05) is 13.8 Å².